The van der Waals surface area contributed by atoms with Crippen LogP contribution in [0.1, 0.15) is 11.3 Å². The number of carbonyl (C=O) groups is 1. The summed E-state index contributed by atoms with van der Waals surface area (Å²) in [6.07, 6.45) is 1.95. The Morgan fingerprint density at radius 1 is 1.15 bits per heavy atom. The molecular weight excluding hydrogens is 384 g/mol. The van der Waals surface area contributed by atoms with E-state index >= 15 is 0 Å². The molecule has 1 amide bonds. The summed E-state index contributed by atoms with van der Waals surface area (Å²) in [5.74, 6) is -0.116. The van der Waals surface area contributed by atoms with Gasteiger partial charge in [0, 0.05) is 34.2 Å². The zero-order valence-corrected chi connectivity index (χ0v) is 16.6. The molecule has 130 valence electrons. The van der Waals surface area contributed by atoms with E-state index in [0.717, 1.165) is 22.2 Å². The fourth-order valence-electron chi connectivity index (χ4n) is 3.17. The number of aromatic nitrogens is 1. The van der Waals surface area contributed by atoms with Crippen LogP contribution in [0.15, 0.2) is 53.4 Å². The van der Waals surface area contributed by atoms with Crippen molar-refractivity contribution in [1.82, 2.24) is 4.57 Å². The SMILES string of the molecule is Cc1c(/C=C2/SC(=S)N(c3cccc(Cl)c3)C2=O)c2ccccc2n1C. The third-order valence-electron chi connectivity index (χ3n) is 4.58. The number of anilines is 1. The minimum atomic E-state index is -0.116. The molecule has 26 heavy (non-hydrogen) atoms. The van der Waals surface area contributed by atoms with Crippen molar-refractivity contribution < 1.29 is 4.79 Å². The molecule has 1 saturated heterocycles. The van der Waals surface area contributed by atoms with E-state index in [1.165, 1.54) is 16.7 Å². The van der Waals surface area contributed by atoms with Crippen LogP contribution in [0, 0.1) is 6.92 Å². The van der Waals surface area contributed by atoms with Crippen LogP contribution in [0.2, 0.25) is 5.02 Å². The highest BCUT2D eigenvalue weighted by Gasteiger charge is 2.33. The van der Waals surface area contributed by atoms with Crippen molar-refractivity contribution in [2.45, 2.75) is 6.92 Å². The maximum absolute atomic E-state index is 13.0. The zero-order chi connectivity index (χ0) is 18.4. The van der Waals surface area contributed by atoms with E-state index in [1.54, 1.807) is 12.1 Å². The second kappa shape index (κ2) is 6.58. The average Bonchev–Trinajstić information content (AvgIpc) is 3.04. The molecule has 1 aliphatic heterocycles. The lowest BCUT2D eigenvalue weighted by atomic mass is 10.1. The number of hydrogen-bond donors (Lipinski definition) is 0. The molecule has 4 rings (SSSR count). The van der Waals surface area contributed by atoms with Gasteiger partial charge in [0.05, 0.1) is 10.6 Å². The summed E-state index contributed by atoms with van der Waals surface area (Å²) in [4.78, 5) is 15.1. The largest absolute Gasteiger partial charge is 0.347 e. The number of hydrogen-bond acceptors (Lipinski definition) is 3. The van der Waals surface area contributed by atoms with Crippen molar-refractivity contribution in [3.63, 3.8) is 0 Å². The third-order valence-corrected chi connectivity index (χ3v) is 6.12. The Hall–Kier alpha value is -2.08. The first-order valence-corrected chi connectivity index (χ1v) is 9.65. The number of thioether (sulfide) groups is 1. The summed E-state index contributed by atoms with van der Waals surface area (Å²) in [6, 6.07) is 15.4. The predicted octanol–water partition coefficient (Wildman–Crippen LogP) is 5.55. The lowest BCUT2D eigenvalue weighted by Gasteiger charge is -2.14. The van der Waals surface area contributed by atoms with E-state index in [-0.39, 0.29) is 5.91 Å². The van der Waals surface area contributed by atoms with Gasteiger partial charge in [-0.2, -0.15) is 0 Å². The minimum absolute atomic E-state index is 0.116. The van der Waals surface area contributed by atoms with Crippen LogP contribution in [0.25, 0.3) is 17.0 Å². The van der Waals surface area contributed by atoms with E-state index in [4.69, 9.17) is 23.8 Å². The zero-order valence-electron chi connectivity index (χ0n) is 14.2. The van der Waals surface area contributed by atoms with Crippen LogP contribution in [0.4, 0.5) is 5.69 Å². The van der Waals surface area contributed by atoms with Crippen molar-refractivity contribution in [3.8, 4) is 0 Å². The van der Waals surface area contributed by atoms with E-state index < -0.39 is 0 Å². The van der Waals surface area contributed by atoms with Crippen LogP contribution >= 0.6 is 35.6 Å². The molecule has 0 aliphatic carbocycles. The van der Waals surface area contributed by atoms with Crippen molar-refractivity contribution in [2.24, 2.45) is 7.05 Å². The third kappa shape index (κ3) is 2.76. The van der Waals surface area contributed by atoms with Crippen LogP contribution in [-0.2, 0) is 11.8 Å². The maximum Gasteiger partial charge on any atom is 0.270 e. The Kier molecular flexibility index (Phi) is 4.39. The van der Waals surface area contributed by atoms with Gasteiger partial charge in [0.15, 0.2) is 4.32 Å². The molecular formula is C20H15ClN2OS2. The molecule has 0 saturated carbocycles. The molecule has 0 N–H and O–H groups in total. The second-order valence-corrected chi connectivity index (χ2v) is 8.18. The number of benzene rings is 2. The van der Waals surface area contributed by atoms with E-state index in [2.05, 4.69) is 23.6 Å². The van der Waals surface area contributed by atoms with Gasteiger partial charge in [-0.1, -0.05) is 59.8 Å². The van der Waals surface area contributed by atoms with Gasteiger partial charge in [-0.25, -0.2) is 0 Å². The summed E-state index contributed by atoms with van der Waals surface area (Å²) in [5.41, 5.74) is 3.99. The smallest absolute Gasteiger partial charge is 0.270 e. The number of amides is 1. The molecule has 1 aliphatic rings. The average molecular weight is 399 g/mol. The van der Waals surface area contributed by atoms with Crippen LogP contribution in [0.3, 0.4) is 0 Å². The number of carbonyl (C=O) groups excluding carboxylic acids is 1. The van der Waals surface area contributed by atoms with Crippen LogP contribution in [0.5, 0.6) is 0 Å². The van der Waals surface area contributed by atoms with Crippen LogP contribution in [-0.4, -0.2) is 14.8 Å². The quantitative estimate of drug-likeness (QED) is 0.418. The van der Waals surface area contributed by atoms with Crippen LogP contribution < -0.4 is 4.90 Å². The van der Waals surface area contributed by atoms with E-state index in [1.807, 2.05) is 37.4 Å². The first kappa shape index (κ1) is 17.3. The molecule has 0 radical (unpaired) electrons. The van der Waals surface area contributed by atoms with Gasteiger partial charge in [0.1, 0.15) is 0 Å². The van der Waals surface area contributed by atoms with Crippen molar-refractivity contribution in [3.05, 3.63) is 69.7 Å². The van der Waals surface area contributed by atoms with Crippen molar-refractivity contribution in [2.75, 3.05) is 4.90 Å². The molecule has 3 nitrogen and oxygen atoms in total. The number of thiocarbonyl (C=S) groups is 1. The molecule has 0 unspecified atom stereocenters. The van der Waals surface area contributed by atoms with Gasteiger partial charge in [-0.15, -0.1) is 0 Å². The topological polar surface area (TPSA) is 25.2 Å². The van der Waals surface area contributed by atoms with Gasteiger partial charge >= 0.3 is 0 Å². The van der Waals surface area contributed by atoms with Gasteiger partial charge < -0.3 is 4.57 Å². The second-order valence-electron chi connectivity index (χ2n) is 6.07. The van der Waals surface area contributed by atoms with E-state index in [0.29, 0.717) is 19.9 Å². The molecule has 2 heterocycles. The summed E-state index contributed by atoms with van der Waals surface area (Å²) in [7, 11) is 2.03. The number of fused-ring (bicyclic) bond motifs is 1. The Bertz CT molecular complexity index is 1100. The molecule has 6 heteroatoms. The Morgan fingerprint density at radius 2 is 1.92 bits per heavy atom. The lowest BCUT2D eigenvalue weighted by Crippen LogP contribution is -2.27. The van der Waals surface area contributed by atoms with E-state index in [9.17, 15) is 4.79 Å². The molecule has 3 aromatic rings. The maximum atomic E-state index is 13.0. The Labute approximate surface area is 166 Å². The monoisotopic (exact) mass is 398 g/mol. The highest BCUT2D eigenvalue weighted by molar-refractivity contribution is 8.27. The molecule has 1 aromatic heterocycles. The summed E-state index contributed by atoms with van der Waals surface area (Å²) in [6.45, 7) is 2.06. The normalized spacial score (nSPS) is 16.3. The van der Waals surface area contributed by atoms with Gasteiger partial charge in [0.25, 0.3) is 5.91 Å². The summed E-state index contributed by atoms with van der Waals surface area (Å²) < 4.78 is 2.65. The standard InChI is InChI=1S/C20H15ClN2OS2/c1-12-16(15-8-3-4-9-17(15)22(12)2)11-18-19(24)23(20(25)26-18)14-7-5-6-13(21)10-14/h3-11H,1-2H3/b18-11+. The number of rotatable bonds is 2. The van der Waals surface area contributed by atoms with Gasteiger partial charge in [-0.05, 0) is 37.3 Å². The number of para-hydroxylation sites is 1. The number of halogens is 1. The number of nitrogens with zero attached hydrogens (tertiary/aromatic N) is 2. The highest BCUT2D eigenvalue weighted by atomic mass is 35.5. The predicted molar refractivity (Wildman–Crippen MR) is 115 cm³/mol. The minimum Gasteiger partial charge on any atom is -0.347 e. The molecule has 0 atom stereocenters. The summed E-state index contributed by atoms with van der Waals surface area (Å²) in [5, 5.41) is 1.70. The van der Waals surface area contributed by atoms with Gasteiger partial charge in [-0.3, -0.25) is 9.69 Å². The first-order chi connectivity index (χ1) is 12.5. The molecule has 1 fully saturated rings. The molecule has 0 bridgehead atoms. The first-order valence-electron chi connectivity index (χ1n) is 8.05. The van der Waals surface area contributed by atoms with Crippen molar-refractivity contribution >= 4 is 68.5 Å². The molecule has 2 aromatic carbocycles. The Morgan fingerprint density at radius 3 is 2.69 bits per heavy atom. The Balaban J connectivity index is 1.80. The highest BCUT2D eigenvalue weighted by Crippen LogP contribution is 2.38. The number of aryl methyl sites for hydroxylation is 1. The fraction of sp³-hybridized carbons (Fsp3) is 0.100. The lowest BCUT2D eigenvalue weighted by molar-refractivity contribution is -0.113. The summed E-state index contributed by atoms with van der Waals surface area (Å²) >= 11 is 12.8. The van der Waals surface area contributed by atoms with Crippen molar-refractivity contribution in [1.29, 1.82) is 0 Å². The fourth-order valence-corrected chi connectivity index (χ4v) is 4.63. The molecule has 0 spiro atoms. The van der Waals surface area contributed by atoms with Gasteiger partial charge in [0.2, 0.25) is 0 Å².